The maximum absolute atomic E-state index is 11.8. The standard InChI is InChI=1S/C27H42N6O6/c34-16-25(10-12-29-20-38)8-6-14-32-22-31(13-5-1-2-9-27(18-36)30-21-39)23-33(24-32)15-26(17-35)7-3-4-11-28-19-37/h16-18,25-27H,1-15,22-24H2. The third kappa shape index (κ3) is 16.6. The van der Waals surface area contributed by atoms with E-state index < -0.39 is 6.04 Å². The molecule has 0 radical (unpaired) electrons. The van der Waals surface area contributed by atoms with Gasteiger partial charge in [0.05, 0.1) is 33.1 Å². The van der Waals surface area contributed by atoms with E-state index in [4.69, 9.17) is 0 Å². The second-order valence-electron chi connectivity index (χ2n) is 10.0. The zero-order chi connectivity index (χ0) is 28.6. The first-order valence-electron chi connectivity index (χ1n) is 13.8. The molecule has 0 bridgehead atoms. The number of unbranched alkanes of at least 4 members (excludes halogenated alkanes) is 3. The predicted octanol–water partition coefficient (Wildman–Crippen LogP) is 1.88. The van der Waals surface area contributed by atoms with Crippen LogP contribution in [-0.4, -0.2) is 111 Å². The predicted molar refractivity (Wildman–Crippen MR) is 144 cm³/mol. The van der Waals surface area contributed by atoms with Gasteiger partial charge in [0.25, 0.3) is 0 Å². The summed E-state index contributed by atoms with van der Waals surface area (Å²) >= 11 is 0. The third-order valence-electron chi connectivity index (χ3n) is 6.81. The van der Waals surface area contributed by atoms with Gasteiger partial charge in [-0.1, -0.05) is 19.3 Å². The monoisotopic (exact) mass is 546 g/mol. The third-order valence-corrected chi connectivity index (χ3v) is 6.81. The Bertz CT molecular complexity index is 854. The second-order valence-corrected chi connectivity index (χ2v) is 10.0. The van der Waals surface area contributed by atoms with Crippen molar-refractivity contribution in [2.24, 2.45) is 26.8 Å². The van der Waals surface area contributed by atoms with Crippen molar-refractivity contribution in [3.05, 3.63) is 0 Å². The van der Waals surface area contributed by atoms with Crippen molar-refractivity contribution in [3.63, 3.8) is 0 Å². The molecular weight excluding hydrogens is 504 g/mol. The van der Waals surface area contributed by atoms with Gasteiger partial charge in [-0.2, -0.15) is 4.99 Å². The molecular formula is C27H42N6O6. The molecule has 3 atom stereocenters. The van der Waals surface area contributed by atoms with Gasteiger partial charge in [0.15, 0.2) is 0 Å². The average Bonchev–Trinajstić information content (AvgIpc) is 2.94. The van der Waals surface area contributed by atoms with Crippen LogP contribution < -0.4 is 0 Å². The Balaban J connectivity index is 2.63. The van der Waals surface area contributed by atoms with Crippen LogP contribution in [0, 0.1) is 11.8 Å². The van der Waals surface area contributed by atoms with Crippen molar-refractivity contribution in [1.29, 1.82) is 0 Å². The van der Waals surface area contributed by atoms with Gasteiger partial charge < -0.3 is 14.4 Å². The first kappa shape index (κ1) is 34.1. The molecule has 1 rings (SSSR count). The summed E-state index contributed by atoms with van der Waals surface area (Å²) < 4.78 is 0. The normalized spacial score (nSPS) is 16.6. The summed E-state index contributed by atoms with van der Waals surface area (Å²) in [6, 6.07) is -0.616. The molecule has 0 saturated carbocycles. The highest BCUT2D eigenvalue weighted by Crippen LogP contribution is 2.17. The number of carbonyl (C=O) groups is 3. The van der Waals surface area contributed by atoms with Crippen LogP contribution in [0.5, 0.6) is 0 Å². The van der Waals surface area contributed by atoms with Crippen LogP contribution in [-0.2, 0) is 28.8 Å². The Kier molecular flexibility index (Phi) is 20.1. The maximum Gasteiger partial charge on any atom is 0.235 e. The van der Waals surface area contributed by atoms with Gasteiger partial charge in [-0.15, -0.1) is 0 Å². The molecule has 0 aromatic carbocycles. The van der Waals surface area contributed by atoms with Crippen molar-refractivity contribution in [3.8, 4) is 0 Å². The highest BCUT2D eigenvalue weighted by atomic mass is 16.1. The molecule has 1 heterocycles. The Labute approximate surface area is 230 Å². The highest BCUT2D eigenvalue weighted by molar-refractivity contribution is 5.59. The number of rotatable bonds is 24. The van der Waals surface area contributed by atoms with E-state index in [1.807, 2.05) is 0 Å². The number of nitrogens with zero attached hydrogens (tertiary/aromatic N) is 6. The smallest absolute Gasteiger partial charge is 0.235 e. The van der Waals surface area contributed by atoms with E-state index >= 15 is 0 Å². The van der Waals surface area contributed by atoms with E-state index in [9.17, 15) is 28.8 Å². The summed E-state index contributed by atoms with van der Waals surface area (Å²) in [6.45, 7) is 5.27. The molecule has 0 aliphatic carbocycles. The number of carbonyl (C=O) groups excluding carboxylic acids is 6. The van der Waals surface area contributed by atoms with Crippen LogP contribution in [0.3, 0.4) is 0 Å². The summed E-state index contributed by atoms with van der Waals surface area (Å²) in [5.41, 5.74) is 0. The number of hydrogen-bond donors (Lipinski definition) is 0. The summed E-state index contributed by atoms with van der Waals surface area (Å²) in [4.78, 5) is 82.5. The molecule has 12 nitrogen and oxygen atoms in total. The van der Waals surface area contributed by atoms with Gasteiger partial charge in [0.2, 0.25) is 18.2 Å². The van der Waals surface area contributed by atoms with Gasteiger partial charge in [-0.25, -0.2) is 24.4 Å². The topological polar surface area (TPSA) is 149 Å². The Hall–Kier alpha value is -2.97. The Morgan fingerprint density at radius 1 is 0.590 bits per heavy atom. The first-order chi connectivity index (χ1) is 19.1. The molecule has 39 heavy (non-hydrogen) atoms. The molecule has 0 spiro atoms. The average molecular weight is 547 g/mol. The summed E-state index contributed by atoms with van der Waals surface area (Å²) in [6.07, 6.45) is 14.6. The molecule has 1 saturated heterocycles. The summed E-state index contributed by atoms with van der Waals surface area (Å²) in [5, 5.41) is 0. The van der Waals surface area contributed by atoms with E-state index in [-0.39, 0.29) is 11.8 Å². The number of isocyanates is 3. The van der Waals surface area contributed by atoms with Crippen molar-refractivity contribution < 1.29 is 28.8 Å². The van der Waals surface area contributed by atoms with Crippen molar-refractivity contribution in [2.75, 3.05) is 52.7 Å². The lowest BCUT2D eigenvalue weighted by Gasteiger charge is -2.43. The Morgan fingerprint density at radius 2 is 1.21 bits per heavy atom. The highest BCUT2D eigenvalue weighted by Gasteiger charge is 2.25. The van der Waals surface area contributed by atoms with E-state index in [1.165, 1.54) is 18.2 Å². The summed E-state index contributed by atoms with van der Waals surface area (Å²) in [5.74, 6) is -0.246. The molecule has 3 unspecified atom stereocenters. The van der Waals surface area contributed by atoms with Gasteiger partial charge in [-0.3, -0.25) is 14.7 Å². The van der Waals surface area contributed by atoms with Crippen LogP contribution in [0.1, 0.15) is 64.2 Å². The molecule has 0 aromatic rings. The van der Waals surface area contributed by atoms with E-state index in [0.717, 1.165) is 97.0 Å². The lowest BCUT2D eigenvalue weighted by molar-refractivity contribution is -0.113. The SMILES string of the molecule is O=C=NCCCCC(C=O)CN1CN(CCCCCC(C=O)N=C=O)CN(CCCC(C=O)CCN=C=O)C1. The van der Waals surface area contributed by atoms with Crippen LogP contribution in [0.2, 0.25) is 0 Å². The van der Waals surface area contributed by atoms with Crippen molar-refractivity contribution in [2.45, 2.75) is 70.3 Å². The molecule has 1 aliphatic rings. The lowest BCUT2D eigenvalue weighted by atomic mass is 10.0. The minimum atomic E-state index is -0.616. The number of hydrogen-bond acceptors (Lipinski definition) is 12. The molecule has 1 fully saturated rings. The minimum Gasteiger partial charge on any atom is -0.303 e. The first-order valence-corrected chi connectivity index (χ1v) is 13.8. The fourth-order valence-electron chi connectivity index (χ4n) is 4.79. The van der Waals surface area contributed by atoms with Gasteiger partial charge >= 0.3 is 0 Å². The zero-order valence-electron chi connectivity index (χ0n) is 22.8. The lowest BCUT2D eigenvalue weighted by Crippen LogP contribution is -2.56. The number of aldehydes is 3. The van der Waals surface area contributed by atoms with Crippen LogP contribution >= 0.6 is 0 Å². The zero-order valence-corrected chi connectivity index (χ0v) is 22.8. The summed E-state index contributed by atoms with van der Waals surface area (Å²) in [7, 11) is 0. The molecule has 216 valence electrons. The second kappa shape index (κ2) is 23.0. The quantitative estimate of drug-likeness (QED) is 0.0765. The molecule has 0 aromatic heterocycles. The molecule has 0 amide bonds. The maximum atomic E-state index is 11.8. The minimum absolute atomic E-state index is 0.108. The van der Waals surface area contributed by atoms with Crippen LogP contribution in [0.25, 0.3) is 0 Å². The van der Waals surface area contributed by atoms with E-state index in [0.29, 0.717) is 38.8 Å². The van der Waals surface area contributed by atoms with Gasteiger partial charge in [0, 0.05) is 31.5 Å². The van der Waals surface area contributed by atoms with Gasteiger partial charge in [0.1, 0.15) is 24.9 Å². The fraction of sp³-hybridized carbons (Fsp3) is 0.778. The fourth-order valence-corrected chi connectivity index (χ4v) is 4.79. The van der Waals surface area contributed by atoms with Crippen LogP contribution in [0.4, 0.5) is 0 Å². The van der Waals surface area contributed by atoms with E-state index in [2.05, 4.69) is 29.7 Å². The molecule has 12 heteroatoms. The molecule has 1 aliphatic heterocycles. The van der Waals surface area contributed by atoms with Crippen molar-refractivity contribution >= 4 is 37.1 Å². The van der Waals surface area contributed by atoms with Gasteiger partial charge in [-0.05, 0) is 44.9 Å². The molecule has 0 N–H and O–H groups in total. The van der Waals surface area contributed by atoms with Crippen LogP contribution in [0.15, 0.2) is 15.0 Å². The Morgan fingerprint density at radius 3 is 1.85 bits per heavy atom. The number of aliphatic imine (C=N–C) groups is 3. The largest absolute Gasteiger partial charge is 0.303 e. The van der Waals surface area contributed by atoms with Crippen molar-refractivity contribution in [1.82, 2.24) is 14.7 Å². The van der Waals surface area contributed by atoms with E-state index in [1.54, 1.807) is 0 Å².